The van der Waals surface area contributed by atoms with Crippen molar-refractivity contribution in [2.24, 2.45) is 11.7 Å². The molecule has 1 fully saturated rings. The molecular weight excluding hydrogens is 182 g/mol. The molecule has 2 rings (SSSR count). The fourth-order valence-electron chi connectivity index (χ4n) is 2.52. The third-order valence-electron chi connectivity index (χ3n) is 4.03. The fraction of sp³-hybridized carbons (Fsp3) is 0.571. The molecule has 1 aromatic carbocycles. The summed E-state index contributed by atoms with van der Waals surface area (Å²) in [5.74, 6) is 0.618. The fourth-order valence-corrected chi connectivity index (χ4v) is 2.52. The zero-order chi connectivity index (χ0) is 10.9. The van der Waals surface area contributed by atoms with Crippen molar-refractivity contribution in [3.63, 3.8) is 0 Å². The van der Waals surface area contributed by atoms with Crippen LogP contribution in [0.4, 0.5) is 0 Å². The van der Waals surface area contributed by atoms with E-state index in [0.717, 1.165) is 0 Å². The normalized spacial score (nSPS) is 22.1. The lowest BCUT2D eigenvalue weighted by molar-refractivity contribution is 0.367. The first-order chi connectivity index (χ1) is 7.20. The van der Waals surface area contributed by atoms with Gasteiger partial charge in [-0.05, 0) is 24.3 Å². The van der Waals surface area contributed by atoms with Gasteiger partial charge in [-0.3, -0.25) is 0 Å². The second-order valence-electron chi connectivity index (χ2n) is 4.93. The van der Waals surface area contributed by atoms with Crippen LogP contribution in [0.2, 0.25) is 0 Å². The average molecular weight is 203 g/mol. The molecule has 1 aromatic rings. The van der Waals surface area contributed by atoms with Crippen molar-refractivity contribution in [2.75, 3.05) is 0 Å². The number of benzene rings is 1. The molecule has 2 unspecified atom stereocenters. The molecule has 0 radical (unpaired) electrons. The quantitative estimate of drug-likeness (QED) is 0.799. The van der Waals surface area contributed by atoms with E-state index in [1.807, 2.05) is 0 Å². The van der Waals surface area contributed by atoms with E-state index in [9.17, 15) is 0 Å². The molecule has 0 aliphatic heterocycles. The van der Waals surface area contributed by atoms with Gasteiger partial charge >= 0.3 is 0 Å². The van der Waals surface area contributed by atoms with Gasteiger partial charge in [0.2, 0.25) is 0 Å². The molecule has 1 saturated carbocycles. The number of rotatable bonds is 4. The Balaban J connectivity index is 2.21. The largest absolute Gasteiger partial charge is 0.327 e. The Hall–Kier alpha value is -0.820. The van der Waals surface area contributed by atoms with Crippen LogP contribution in [-0.2, 0) is 5.41 Å². The number of hydrogen-bond acceptors (Lipinski definition) is 1. The molecule has 1 aliphatic rings. The Kier molecular flexibility index (Phi) is 2.83. The van der Waals surface area contributed by atoms with Crippen LogP contribution in [0.1, 0.15) is 38.7 Å². The molecule has 15 heavy (non-hydrogen) atoms. The molecule has 0 aromatic heterocycles. The average Bonchev–Trinajstić information content (AvgIpc) is 3.09. The van der Waals surface area contributed by atoms with Gasteiger partial charge in [-0.1, -0.05) is 50.6 Å². The van der Waals surface area contributed by atoms with Gasteiger partial charge in [-0.2, -0.15) is 0 Å². The highest BCUT2D eigenvalue weighted by molar-refractivity contribution is 5.33. The summed E-state index contributed by atoms with van der Waals surface area (Å²) in [7, 11) is 0. The summed E-state index contributed by atoms with van der Waals surface area (Å²) in [5.41, 5.74) is 8.14. The highest BCUT2D eigenvalue weighted by Gasteiger charge is 2.50. The van der Waals surface area contributed by atoms with Crippen LogP contribution >= 0.6 is 0 Å². The third-order valence-corrected chi connectivity index (χ3v) is 4.03. The van der Waals surface area contributed by atoms with Gasteiger partial charge in [0.1, 0.15) is 0 Å². The van der Waals surface area contributed by atoms with Gasteiger partial charge in [0.05, 0.1) is 0 Å². The van der Waals surface area contributed by atoms with Crippen molar-refractivity contribution in [3.05, 3.63) is 35.9 Å². The minimum absolute atomic E-state index is 0.302. The van der Waals surface area contributed by atoms with Crippen LogP contribution in [0.15, 0.2) is 30.3 Å². The predicted octanol–water partition coefficient (Wildman–Crippen LogP) is 3.09. The van der Waals surface area contributed by atoms with E-state index < -0.39 is 0 Å². The lowest BCUT2D eigenvalue weighted by Crippen LogP contribution is -2.40. The number of nitrogens with two attached hydrogens (primary N) is 1. The van der Waals surface area contributed by atoms with Crippen LogP contribution in [0.25, 0.3) is 0 Å². The minimum atomic E-state index is 0.302. The van der Waals surface area contributed by atoms with Gasteiger partial charge in [0.25, 0.3) is 0 Å². The predicted molar refractivity (Wildman–Crippen MR) is 64.8 cm³/mol. The van der Waals surface area contributed by atoms with Crippen LogP contribution in [0.5, 0.6) is 0 Å². The van der Waals surface area contributed by atoms with Crippen molar-refractivity contribution in [1.29, 1.82) is 0 Å². The van der Waals surface area contributed by atoms with Crippen LogP contribution in [0.3, 0.4) is 0 Å². The molecule has 0 bridgehead atoms. The molecule has 1 nitrogen and oxygen atoms in total. The Morgan fingerprint density at radius 2 is 1.87 bits per heavy atom. The SMILES string of the molecule is CCC(C)C(N)C1(c2ccccc2)CC1. The second-order valence-corrected chi connectivity index (χ2v) is 4.93. The van der Waals surface area contributed by atoms with Crippen LogP contribution in [0, 0.1) is 5.92 Å². The molecule has 1 heteroatoms. The maximum absolute atomic E-state index is 6.40. The monoisotopic (exact) mass is 203 g/mol. The first-order valence-electron chi connectivity index (χ1n) is 6.02. The summed E-state index contributed by atoms with van der Waals surface area (Å²) in [6.45, 7) is 4.50. The van der Waals surface area contributed by atoms with Crippen LogP contribution in [-0.4, -0.2) is 6.04 Å². The van der Waals surface area contributed by atoms with Crippen molar-refractivity contribution in [2.45, 2.75) is 44.6 Å². The van der Waals surface area contributed by atoms with E-state index in [-0.39, 0.29) is 0 Å². The van der Waals surface area contributed by atoms with Gasteiger partial charge in [-0.25, -0.2) is 0 Å². The van der Waals surface area contributed by atoms with Crippen molar-refractivity contribution >= 4 is 0 Å². The summed E-state index contributed by atoms with van der Waals surface area (Å²) in [5, 5.41) is 0. The van der Waals surface area contributed by atoms with Gasteiger partial charge in [-0.15, -0.1) is 0 Å². The van der Waals surface area contributed by atoms with E-state index in [4.69, 9.17) is 5.73 Å². The van der Waals surface area contributed by atoms with E-state index in [1.54, 1.807) is 0 Å². The summed E-state index contributed by atoms with van der Waals surface area (Å²) in [6.07, 6.45) is 3.71. The molecule has 0 saturated heterocycles. The molecule has 2 atom stereocenters. The molecule has 0 amide bonds. The van der Waals surface area contributed by atoms with Crippen LogP contribution < -0.4 is 5.73 Å². The smallest absolute Gasteiger partial charge is 0.0162 e. The summed E-state index contributed by atoms with van der Waals surface area (Å²) in [4.78, 5) is 0. The lowest BCUT2D eigenvalue weighted by atomic mass is 9.81. The van der Waals surface area contributed by atoms with E-state index >= 15 is 0 Å². The first kappa shape index (κ1) is 10.7. The van der Waals surface area contributed by atoms with E-state index in [0.29, 0.717) is 17.4 Å². The maximum Gasteiger partial charge on any atom is 0.0162 e. The summed E-state index contributed by atoms with van der Waals surface area (Å²) in [6, 6.07) is 11.1. The van der Waals surface area contributed by atoms with Crippen molar-refractivity contribution < 1.29 is 0 Å². The molecule has 2 N–H and O–H groups in total. The van der Waals surface area contributed by atoms with Crippen molar-refractivity contribution in [1.82, 2.24) is 0 Å². The molecule has 1 aliphatic carbocycles. The Labute approximate surface area is 92.7 Å². The van der Waals surface area contributed by atoms with E-state index in [2.05, 4.69) is 44.2 Å². The second kappa shape index (κ2) is 3.97. The van der Waals surface area contributed by atoms with Crippen molar-refractivity contribution in [3.8, 4) is 0 Å². The zero-order valence-electron chi connectivity index (χ0n) is 9.74. The molecule has 0 spiro atoms. The molecular formula is C14H21N. The highest BCUT2D eigenvalue weighted by atomic mass is 14.8. The molecule has 0 heterocycles. The Bertz CT molecular complexity index is 313. The zero-order valence-corrected chi connectivity index (χ0v) is 9.74. The highest BCUT2D eigenvalue weighted by Crippen LogP contribution is 2.52. The number of hydrogen-bond donors (Lipinski definition) is 1. The lowest BCUT2D eigenvalue weighted by Gasteiger charge is -2.28. The standard InChI is InChI=1S/C14H21N/c1-3-11(2)13(15)14(9-10-14)12-7-5-4-6-8-12/h4-8,11,13H,3,9-10,15H2,1-2H3. The Morgan fingerprint density at radius 3 is 2.33 bits per heavy atom. The summed E-state index contributed by atoms with van der Waals surface area (Å²) >= 11 is 0. The first-order valence-corrected chi connectivity index (χ1v) is 6.02. The Morgan fingerprint density at radius 1 is 1.27 bits per heavy atom. The third kappa shape index (κ3) is 1.81. The van der Waals surface area contributed by atoms with E-state index in [1.165, 1.54) is 24.8 Å². The van der Waals surface area contributed by atoms with Gasteiger partial charge in [0, 0.05) is 11.5 Å². The summed E-state index contributed by atoms with van der Waals surface area (Å²) < 4.78 is 0. The minimum Gasteiger partial charge on any atom is -0.327 e. The topological polar surface area (TPSA) is 26.0 Å². The molecule has 82 valence electrons. The maximum atomic E-state index is 6.40. The van der Waals surface area contributed by atoms with Gasteiger partial charge < -0.3 is 5.73 Å². The van der Waals surface area contributed by atoms with Gasteiger partial charge in [0.15, 0.2) is 0 Å².